The van der Waals surface area contributed by atoms with E-state index in [4.69, 9.17) is 9.47 Å². The molecule has 0 aliphatic heterocycles. The molecule has 6 nitrogen and oxygen atoms in total. The van der Waals surface area contributed by atoms with Crippen LogP contribution in [0.4, 0.5) is 0 Å². The molecule has 49 heavy (non-hydrogen) atoms. The zero-order chi connectivity index (χ0) is 36.1. The fourth-order valence-electron chi connectivity index (χ4n) is 7.09. The van der Waals surface area contributed by atoms with Crippen molar-refractivity contribution in [1.29, 1.82) is 0 Å². The first-order valence-electron chi connectivity index (χ1n) is 21.7. The Balaban J connectivity index is 4.26. The smallest absolute Gasteiger partial charge is 0.306 e. The average molecular weight is 696 g/mol. The van der Waals surface area contributed by atoms with Gasteiger partial charge in [0.05, 0.1) is 13.2 Å². The van der Waals surface area contributed by atoms with Crippen molar-refractivity contribution in [3.8, 4) is 0 Å². The van der Waals surface area contributed by atoms with E-state index in [1.165, 1.54) is 96.3 Å². The van der Waals surface area contributed by atoms with Gasteiger partial charge >= 0.3 is 11.9 Å². The molecular formula is C43H85NO5. The topological polar surface area (TPSA) is 76.1 Å². The maximum Gasteiger partial charge on any atom is 0.306 e. The molecule has 0 rings (SSSR count). The van der Waals surface area contributed by atoms with Crippen LogP contribution in [0.2, 0.25) is 0 Å². The van der Waals surface area contributed by atoms with Crippen molar-refractivity contribution in [2.45, 2.75) is 232 Å². The van der Waals surface area contributed by atoms with Crippen LogP contribution in [-0.4, -0.2) is 60.4 Å². The van der Waals surface area contributed by atoms with Crippen LogP contribution >= 0.6 is 0 Å². The standard InChI is InChI=1S/C43H85NO5/c1-5-9-12-15-21-27-35-43(33-8-4,34-26-20-13-10-6-2)49-42(47)32-25-19-17-23-29-37-44(38-39-45)36-28-22-16-18-24-31-41(46)48-40-30-14-11-7-3/h45H,5-40H2,1-4H3. The molecule has 0 aromatic heterocycles. The van der Waals surface area contributed by atoms with Gasteiger partial charge < -0.3 is 19.5 Å². The molecule has 0 heterocycles. The molecule has 0 aliphatic rings. The number of nitrogens with zero attached hydrogens (tertiary/aromatic N) is 1. The van der Waals surface area contributed by atoms with Crippen molar-refractivity contribution in [2.24, 2.45) is 0 Å². The molecule has 0 radical (unpaired) electrons. The van der Waals surface area contributed by atoms with Crippen molar-refractivity contribution in [3.63, 3.8) is 0 Å². The van der Waals surface area contributed by atoms with E-state index in [2.05, 4.69) is 32.6 Å². The van der Waals surface area contributed by atoms with E-state index in [9.17, 15) is 14.7 Å². The number of hydrogen-bond acceptors (Lipinski definition) is 6. The van der Waals surface area contributed by atoms with E-state index in [1.54, 1.807) is 0 Å². The van der Waals surface area contributed by atoms with Gasteiger partial charge in [0.1, 0.15) is 5.60 Å². The Morgan fingerprint density at radius 1 is 0.469 bits per heavy atom. The van der Waals surface area contributed by atoms with Gasteiger partial charge in [0.2, 0.25) is 0 Å². The number of esters is 2. The van der Waals surface area contributed by atoms with Crippen LogP contribution in [0.1, 0.15) is 227 Å². The lowest BCUT2D eigenvalue weighted by Crippen LogP contribution is -2.35. The van der Waals surface area contributed by atoms with Crippen LogP contribution in [-0.2, 0) is 19.1 Å². The van der Waals surface area contributed by atoms with Crippen LogP contribution in [0.25, 0.3) is 0 Å². The van der Waals surface area contributed by atoms with Crippen molar-refractivity contribution in [3.05, 3.63) is 0 Å². The number of unbranched alkanes of at least 4 members (excludes halogenated alkanes) is 20. The molecule has 1 N–H and O–H groups in total. The molecule has 0 bridgehead atoms. The van der Waals surface area contributed by atoms with Gasteiger partial charge in [-0.2, -0.15) is 0 Å². The van der Waals surface area contributed by atoms with E-state index in [0.717, 1.165) is 110 Å². The molecule has 0 fully saturated rings. The summed E-state index contributed by atoms with van der Waals surface area (Å²) in [4.78, 5) is 27.4. The number of carbonyl (C=O) groups is 2. The minimum absolute atomic E-state index is 0.0276. The maximum atomic E-state index is 13.1. The van der Waals surface area contributed by atoms with Crippen molar-refractivity contribution >= 4 is 11.9 Å². The fraction of sp³-hybridized carbons (Fsp3) is 0.953. The van der Waals surface area contributed by atoms with Crippen molar-refractivity contribution < 1.29 is 24.2 Å². The summed E-state index contributed by atoms with van der Waals surface area (Å²) in [7, 11) is 0. The highest BCUT2D eigenvalue weighted by Gasteiger charge is 2.32. The zero-order valence-corrected chi connectivity index (χ0v) is 33.5. The number of ether oxygens (including phenoxy) is 2. The lowest BCUT2D eigenvalue weighted by Gasteiger charge is -2.34. The third-order valence-electron chi connectivity index (χ3n) is 10.1. The van der Waals surface area contributed by atoms with Gasteiger partial charge in [-0.05, 0) is 77.3 Å². The minimum Gasteiger partial charge on any atom is -0.466 e. The fourth-order valence-corrected chi connectivity index (χ4v) is 7.09. The normalized spacial score (nSPS) is 12.8. The molecule has 0 amide bonds. The van der Waals surface area contributed by atoms with Gasteiger partial charge in [-0.3, -0.25) is 9.59 Å². The summed E-state index contributed by atoms with van der Waals surface area (Å²) in [6.45, 7) is 12.5. The molecule has 0 aromatic carbocycles. The highest BCUT2D eigenvalue weighted by molar-refractivity contribution is 5.70. The van der Waals surface area contributed by atoms with Crippen LogP contribution < -0.4 is 0 Å². The van der Waals surface area contributed by atoms with E-state index < -0.39 is 0 Å². The molecule has 0 spiro atoms. The Morgan fingerprint density at radius 3 is 1.39 bits per heavy atom. The second kappa shape index (κ2) is 36.6. The van der Waals surface area contributed by atoms with Gasteiger partial charge in [0.25, 0.3) is 0 Å². The van der Waals surface area contributed by atoms with E-state index in [-0.39, 0.29) is 24.1 Å². The molecule has 0 aliphatic carbocycles. The number of aliphatic hydroxyl groups is 1. The number of hydrogen-bond donors (Lipinski definition) is 1. The molecule has 1 atom stereocenters. The Kier molecular flexibility index (Phi) is 35.8. The van der Waals surface area contributed by atoms with Gasteiger partial charge in [0.15, 0.2) is 0 Å². The highest BCUT2D eigenvalue weighted by atomic mass is 16.6. The summed E-state index contributed by atoms with van der Waals surface area (Å²) < 4.78 is 11.7. The second-order valence-electron chi connectivity index (χ2n) is 15.0. The van der Waals surface area contributed by atoms with Gasteiger partial charge in [-0.15, -0.1) is 0 Å². The predicted molar refractivity (Wildman–Crippen MR) is 209 cm³/mol. The quantitative estimate of drug-likeness (QED) is 0.0509. The third-order valence-corrected chi connectivity index (χ3v) is 10.1. The Morgan fingerprint density at radius 2 is 0.898 bits per heavy atom. The first-order chi connectivity index (χ1) is 24.0. The average Bonchev–Trinajstić information content (AvgIpc) is 3.08. The summed E-state index contributed by atoms with van der Waals surface area (Å²) >= 11 is 0. The minimum atomic E-state index is -0.250. The molecule has 0 aromatic rings. The Bertz CT molecular complexity index is 716. The summed E-state index contributed by atoms with van der Waals surface area (Å²) in [5.41, 5.74) is -0.250. The largest absolute Gasteiger partial charge is 0.466 e. The lowest BCUT2D eigenvalue weighted by molar-refractivity contribution is -0.163. The summed E-state index contributed by atoms with van der Waals surface area (Å²) in [6, 6.07) is 0. The van der Waals surface area contributed by atoms with Crippen LogP contribution in [0.15, 0.2) is 0 Å². The second-order valence-corrected chi connectivity index (χ2v) is 15.0. The van der Waals surface area contributed by atoms with Gasteiger partial charge in [-0.25, -0.2) is 0 Å². The first-order valence-corrected chi connectivity index (χ1v) is 21.7. The van der Waals surface area contributed by atoms with Crippen LogP contribution in [0.5, 0.6) is 0 Å². The SMILES string of the molecule is CCCCCCCCC(CCC)(CCCCCCC)OC(=O)CCCCCCCN(CCO)CCCCCCCC(=O)OCCCCCC. The number of carbonyl (C=O) groups excluding carboxylic acids is 2. The lowest BCUT2D eigenvalue weighted by atomic mass is 9.85. The third kappa shape index (κ3) is 31.3. The summed E-state index contributed by atoms with van der Waals surface area (Å²) in [5, 5.41) is 9.55. The van der Waals surface area contributed by atoms with Crippen LogP contribution in [0.3, 0.4) is 0 Å². The summed E-state index contributed by atoms with van der Waals surface area (Å²) in [5.74, 6) is -0.0123. The van der Waals surface area contributed by atoms with Crippen molar-refractivity contribution in [2.75, 3.05) is 32.8 Å². The van der Waals surface area contributed by atoms with Crippen LogP contribution in [0, 0.1) is 0 Å². The number of rotatable bonds is 39. The van der Waals surface area contributed by atoms with E-state index in [1.807, 2.05) is 0 Å². The molecule has 0 saturated carbocycles. The Hall–Kier alpha value is -1.14. The maximum absolute atomic E-state index is 13.1. The Labute approximate surface area is 305 Å². The van der Waals surface area contributed by atoms with E-state index in [0.29, 0.717) is 19.4 Å². The zero-order valence-electron chi connectivity index (χ0n) is 33.5. The molecule has 0 saturated heterocycles. The van der Waals surface area contributed by atoms with Gasteiger partial charge in [0, 0.05) is 19.4 Å². The van der Waals surface area contributed by atoms with Crippen molar-refractivity contribution in [1.82, 2.24) is 4.90 Å². The monoisotopic (exact) mass is 696 g/mol. The summed E-state index contributed by atoms with van der Waals surface area (Å²) in [6.07, 6.45) is 34.7. The van der Waals surface area contributed by atoms with Gasteiger partial charge in [-0.1, -0.05) is 150 Å². The molecule has 1 unspecified atom stereocenters. The molecular weight excluding hydrogens is 610 g/mol. The molecule has 292 valence electrons. The predicted octanol–water partition coefficient (Wildman–Crippen LogP) is 12.3. The highest BCUT2D eigenvalue weighted by Crippen LogP contribution is 2.33. The number of aliphatic hydroxyl groups excluding tert-OH is 1. The first kappa shape index (κ1) is 47.9. The van der Waals surface area contributed by atoms with E-state index >= 15 is 0 Å². The molecule has 6 heteroatoms.